The quantitative estimate of drug-likeness (QED) is 0.656. The Morgan fingerprint density at radius 3 is 2.50 bits per heavy atom. The fourth-order valence-electron chi connectivity index (χ4n) is 2.58. The molecule has 2 rings (SSSR count). The molecule has 1 spiro atoms. The zero-order valence-corrected chi connectivity index (χ0v) is 9.42. The van der Waals surface area contributed by atoms with Gasteiger partial charge in [-0.3, -0.25) is 9.69 Å². The Morgan fingerprint density at radius 2 is 2.07 bits per heavy atom. The van der Waals surface area contributed by atoms with Crippen molar-refractivity contribution in [1.29, 1.82) is 0 Å². The molecular formula is C11H20N2O. The summed E-state index contributed by atoms with van der Waals surface area (Å²) in [5.74, 6) is 0.400. The van der Waals surface area contributed by atoms with Crippen molar-refractivity contribution in [3.8, 4) is 0 Å². The molecule has 2 saturated heterocycles. The van der Waals surface area contributed by atoms with Crippen LogP contribution in [-0.2, 0) is 4.79 Å². The lowest BCUT2D eigenvalue weighted by molar-refractivity contribution is -0.146. The van der Waals surface area contributed by atoms with Gasteiger partial charge in [-0.05, 0) is 27.2 Å². The lowest BCUT2D eigenvalue weighted by Crippen LogP contribution is -2.61. The van der Waals surface area contributed by atoms with Gasteiger partial charge >= 0.3 is 0 Å². The molecule has 0 saturated carbocycles. The molecule has 0 aromatic carbocycles. The van der Waals surface area contributed by atoms with Crippen LogP contribution < -0.4 is 0 Å². The summed E-state index contributed by atoms with van der Waals surface area (Å²) in [5.41, 5.74) is 0.0142. The highest BCUT2D eigenvalue weighted by Crippen LogP contribution is 2.41. The van der Waals surface area contributed by atoms with Crippen LogP contribution in [0.2, 0.25) is 0 Å². The van der Waals surface area contributed by atoms with Crippen molar-refractivity contribution in [2.24, 2.45) is 5.41 Å². The minimum Gasteiger partial charge on any atom is -0.342 e. The van der Waals surface area contributed by atoms with E-state index in [1.807, 2.05) is 4.90 Å². The van der Waals surface area contributed by atoms with Crippen LogP contribution >= 0.6 is 0 Å². The molecule has 0 unspecified atom stereocenters. The zero-order chi connectivity index (χ0) is 10.3. The molecular weight excluding hydrogens is 176 g/mol. The van der Waals surface area contributed by atoms with Gasteiger partial charge in [0.2, 0.25) is 5.91 Å². The van der Waals surface area contributed by atoms with E-state index < -0.39 is 0 Å². The van der Waals surface area contributed by atoms with E-state index in [0.717, 1.165) is 32.6 Å². The van der Waals surface area contributed by atoms with E-state index in [-0.39, 0.29) is 5.41 Å². The molecule has 2 heterocycles. The molecule has 0 bridgehead atoms. The summed E-state index contributed by atoms with van der Waals surface area (Å²) in [6.07, 6.45) is 1.07. The second-order valence-corrected chi connectivity index (χ2v) is 4.91. The SMILES string of the molecule is CCN1CCC2(CN(C(C)C)C2)C1=O. The van der Waals surface area contributed by atoms with Gasteiger partial charge in [0, 0.05) is 32.2 Å². The lowest BCUT2D eigenvalue weighted by Gasteiger charge is -2.48. The Hall–Kier alpha value is -0.570. The van der Waals surface area contributed by atoms with Crippen molar-refractivity contribution in [2.45, 2.75) is 33.2 Å². The molecule has 0 radical (unpaired) electrons. The number of hydrogen-bond acceptors (Lipinski definition) is 2. The molecule has 0 N–H and O–H groups in total. The molecule has 0 aromatic rings. The maximum Gasteiger partial charge on any atom is 0.231 e. The Balaban J connectivity index is 1.99. The highest BCUT2D eigenvalue weighted by atomic mass is 16.2. The number of rotatable bonds is 2. The third kappa shape index (κ3) is 1.26. The van der Waals surface area contributed by atoms with Crippen LogP contribution in [-0.4, -0.2) is 47.9 Å². The first-order valence-corrected chi connectivity index (χ1v) is 5.62. The molecule has 0 aliphatic carbocycles. The number of hydrogen-bond donors (Lipinski definition) is 0. The summed E-state index contributed by atoms with van der Waals surface area (Å²) in [5, 5.41) is 0. The Bertz CT molecular complexity index is 244. The summed E-state index contributed by atoms with van der Waals surface area (Å²) in [7, 11) is 0. The van der Waals surface area contributed by atoms with E-state index >= 15 is 0 Å². The maximum absolute atomic E-state index is 12.0. The van der Waals surface area contributed by atoms with Gasteiger partial charge in [0.15, 0.2) is 0 Å². The van der Waals surface area contributed by atoms with Crippen molar-refractivity contribution < 1.29 is 4.79 Å². The van der Waals surface area contributed by atoms with E-state index in [4.69, 9.17) is 0 Å². The smallest absolute Gasteiger partial charge is 0.231 e. The number of carbonyl (C=O) groups excluding carboxylic acids is 1. The van der Waals surface area contributed by atoms with Crippen LogP contribution in [0, 0.1) is 5.41 Å². The maximum atomic E-state index is 12.0. The zero-order valence-electron chi connectivity index (χ0n) is 9.42. The minimum absolute atomic E-state index is 0.0142. The first kappa shape index (κ1) is 9.97. The Morgan fingerprint density at radius 1 is 1.43 bits per heavy atom. The molecule has 3 nitrogen and oxygen atoms in total. The molecule has 2 aliphatic heterocycles. The van der Waals surface area contributed by atoms with Crippen molar-refractivity contribution in [3.63, 3.8) is 0 Å². The minimum atomic E-state index is 0.0142. The molecule has 2 fully saturated rings. The molecule has 80 valence electrons. The van der Waals surface area contributed by atoms with Crippen LogP contribution in [0.4, 0.5) is 0 Å². The van der Waals surface area contributed by atoms with Crippen molar-refractivity contribution in [1.82, 2.24) is 9.80 Å². The standard InChI is InChI=1S/C11H20N2O/c1-4-12-6-5-11(10(12)14)7-13(8-11)9(2)3/h9H,4-8H2,1-3H3. The lowest BCUT2D eigenvalue weighted by atomic mass is 9.77. The summed E-state index contributed by atoms with van der Waals surface area (Å²) in [6, 6.07) is 0.587. The van der Waals surface area contributed by atoms with Gasteiger partial charge in [-0.2, -0.15) is 0 Å². The van der Waals surface area contributed by atoms with Gasteiger partial charge in [0.05, 0.1) is 5.41 Å². The topological polar surface area (TPSA) is 23.6 Å². The van der Waals surface area contributed by atoms with Crippen molar-refractivity contribution in [3.05, 3.63) is 0 Å². The highest BCUT2D eigenvalue weighted by Gasteiger charge is 2.54. The van der Waals surface area contributed by atoms with E-state index in [1.54, 1.807) is 0 Å². The number of amides is 1. The number of nitrogens with zero attached hydrogens (tertiary/aromatic N) is 2. The largest absolute Gasteiger partial charge is 0.342 e. The number of likely N-dealkylation sites (tertiary alicyclic amines) is 2. The monoisotopic (exact) mass is 196 g/mol. The van der Waals surface area contributed by atoms with Crippen molar-refractivity contribution in [2.75, 3.05) is 26.2 Å². The first-order valence-electron chi connectivity index (χ1n) is 5.62. The second kappa shape index (κ2) is 3.23. The summed E-state index contributed by atoms with van der Waals surface area (Å²) < 4.78 is 0. The predicted octanol–water partition coefficient (Wildman–Crippen LogP) is 0.949. The molecule has 1 amide bonds. The van der Waals surface area contributed by atoms with E-state index in [2.05, 4.69) is 25.7 Å². The normalized spacial score (nSPS) is 26.3. The predicted molar refractivity (Wildman–Crippen MR) is 56.0 cm³/mol. The Kier molecular flexibility index (Phi) is 2.30. The van der Waals surface area contributed by atoms with Crippen molar-refractivity contribution >= 4 is 5.91 Å². The van der Waals surface area contributed by atoms with Crippen LogP contribution in [0.25, 0.3) is 0 Å². The molecule has 3 heteroatoms. The second-order valence-electron chi connectivity index (χ2n) is 4.91. The third-order valence-corrected chi connectivity index (χ3v) is 3.72. The first-order chi connectivity index (χ1) is 6.59. The number of carbonyl (C=O) groups is 1. The van der Waals surface area contributed by atoms with E-state index in [1.165, 1.54) is 0 Å². The van der Waals surface area contributed by atoms with Crippen LogP contribution in [0.5, 0.6) is 0 Å². The third-order valence-electron chi connectivity index (χ3n) is 3.72. The van der Waals surface area contributed by atoms with Gasteiger partial charge in [0.25, 0.3) is 0 Å². The molecule has 0 atom stereocenters. The van der Waals surface area contributed by atoms with Gasteiger partial charge < -0.3 is 4.90 Å². The molecule has 0 aromatic heterocycles. The summed E-state index contributed by atoms with van der Waals surface area (Å²) >= 11 is 0. The van der Waals surface area contributed by atoms with Gasteiger partial charge in [-0.1, -0.05) is 0 Å². The molecule has 14 heavy (non-hydrogen) atoms. The van der Waals surface area contributed by atoms with E-state index in [9.17, 15) is 4.79 Å². The Labute approximate surface area is 86.1 Å². The highest BCUT2D eigenvalue weighted by molar-refractivity contribution is 5.86. The fourth-order valence-corrected chi connectivity index (χ4v) is 2.58. The van der Waals surface area contributed by atoms with Gasteiger partial charge in [-0.25, -0.2) is 0 Å². The molecule has 2 aliphatic rings. The fraction of sp³-hybridized carbons (Fsp3) is 0.909. The van der Waals surface area contributed by atoms with Crippen LogP contribution in [0.1, 0.15) is 27.2 Å². The van der Waals surface area contributed by atoms with Gasteiger partial charge in [-0.15, -0.1) is 0 Å². The van der Waals surface area contributed by atoms with Crippen LogP contribution in [0.3, 0.4) is 0 Å². The average molecular weight is 196 g/mol. The summed E-state index contributed by atoms with van der Waals surface area (Å²) in [6.45, 7) is 10.3. The van der Waals surface area contributed by atoms with E-state index in [0.29, 0.717) is 11.9 Å². The summed E-state index contributed by atoms with van der Waals surface area (Å²) in [4.78, 5) is 16.4. The van der Waals surface area contributed by atoms with Gasteiger partial charge in [0.1, 0.15) is 0 Å². The average Bonchev–Trinajstić information content (AvgIpc) is 2.39. The van der Waals surface area contributed by atoms with Crippen LogP contribution in [0.15, 0.2) is 0 Å².